The third kappa shape index (κ3) is 8.19. The van der Waals surface area contributed by atoms with E-state index in [9.17, 15) is 9.59 Å². The molecule has 8 nitrogen and oxygen atoms in total. The van der Waals surface area contributed by atoms with Crippen molar-refractivity contribution in [2.24, 2.45) is 5.10 Å². The van der Waals surface area contributed by atoms with Crippen LogP contribution in [0.25, 0.3) is 0 Å². The smallest absolute Gasteiger partial charge is 0.249 e. The highest BCUT2D eigenvalue weighted by Gasteiger charge is 2.10. The fourth-order valence-electron chi connectivity index (χ4n) is 3.11. The van der Waals surface area contributed by atoms with E-state index in [1.165, 1.54) is 18.9 Å². The van der Waals surface area contributed by atoms with Crippen LogP contribution in [0.5, 0.6) is 17.2 Å². The Morgan fingerprint density at radius 3 is 2.49 bits per heavy atom. The molecule has 0 aliphatic carbocycles. The number of carbonyl (C=O) groups is 2. The molecule has 0 fully saturated rings. The zero-order valence-corrected chi connectivity index (χ0v) is 20.0. The molecule has 0 aromatic heterocycles. The molecule has 0 heterocycles. The van der Waals surface area contributed by atoms with Gasteiger partial charge in [0.1, 0.15) is 18.8 Å². The number of aryl methyl sites for hydroxylation is 1. The van der Waals surface area contributed by atoms with E-state index in [1.54, 1.807) is 42.5 Å². The van der Waals surface area contributed by atoms with E-state index in [2.05, 4.69) is 15.8 Å². The van der Waals surface area contributed by atoms with Gasteiger partial charge in [-0.2, -0.15) is 5.10 Å². The molecule has 3 rings (SSSR count). The minimum atomic E-state index is -0.537. The number of anilines is 1. The number of nitrogens with one attached hydrogen (secondary N) is 2. The second-order valence-electron chi connectivity index (χ2n) is 7.66. The van der Waals surface area contributed by atoms with Crippen molar-refractivity contribution in [3.63, 3.8) is 0 Å². The Kier molecular flexibility index (Phi) is 9.24. The summed E-state index contributed by atoms with van der Waals surface area (Å²) < 4.78 is 16.7. The van der Waals surface area contributed by atoms with Crippen LogP contribution >= 0.6 is 0 Å². The first-order valence-electron chi connectivity index (χ1n) is 11.2. The largest absolute Gasteiger partial charge is 0.497 e. The van der Waals surface area contributed by atoms with Gasteiger partial charge in [0.05, 0.1) is 19.9 Å². The molecule has 2 amide bonds. The fraction of sp³-hybridized carbons (Fsp3) is 0.222. The predicted octanol–water partition coefficient (Wildman–Crippen LogP) is 4.46. The Hall–Kier alpha value is -4.33. The maximum atomic E-state index is 12.1. The first-order valence-corrected chi connectivity index (χ1v) is 11.2. The highest BCUT2D eigenvalue weighted by atomic mass is 16.5. The first kappa shape index (κ1) is 25.3. The predicted molar refractivity (Wildman–Crippen MR) is 135 cm³/mol. The Labute approximate surface area is 204 Å². The number of ether oxygens (including phenoxy) is 3. The third-order valence-electron chi connectivity index (χ3n) is 4.86. The van der Waals surface area contributed by atoms with Crippen LogP contribution in [0.3, 0.4) is 0 Å². The summed E-state index contributed by atoms with van der Waals surface area (Å²) in [6.45, 7) is 4.82. The molecular formula is C27H29N3O5. The number of hydrogen-bond acceptors (Lipinski definition) is 6. The summed E-state index contributed by atoms with van der Waals surface area (Å²) in [4.78, 5) is 24.2. The van der Waals surface area contributed by atoms with Crippen molar-refractivity contribution in [1.82, 2.24) is 5.43 Å². The number of carbonyl (C=O) groups excluding carboxylic acids is 2. The monoisotopic (exact) mass is 475 g/mol. The van der Waals surface area contributed by atoms with Crippen molar-refractivity contribution in [2.75, 3.05) is 19.0 Å². The van der Waals surface area contributed by atoms with Gasteiger partial charge in [0.2, 0.25) is 11.8 Å². The SMILES string of the molecule is CCOc1cc(C=NNC(=O)CC(=O)Nc2cccc(OC)c2)ccc1OCc1ccc(C)cc1. The van der Waals surface area contributed by atoms with Gasteiger partial charge in [-0.3, -0.25) is 9.59 Å². The van der Waals surface area contributed by atoms with Crippen LogP contribution in [0.15, 0.2) is 71.8 Å². The van der Waals surface area contributed by atoms with E-state index in [0.29, 0.717) is 41.7 Å². The van der Waals surface area contributed by atoms with Gasteiger partial charge < -0.3 is 19.5 Å². The Morgan fingerprint density at radius 2 is 1.74 bits per heavy atom. The van der Waals surface area contributed by atoms with Crippen molar-refractivity contribution in [1.29, 1.82) is 0 Å². The van der Waals surface area contributed by atoms with Crippen LogP contribution in [0, 0.1) is 6.92 Å². The summed E-state index contributed by atoms with van der Waals surface area (Å²) in [6.07, 6.45) is 1.11. The van der Waals surface area contributed by atoms with Crippen molar-refractivity contribution in [2.45, 2.75) is 26.9 Å². The lowest BCUT2D eigenvalue weighted by atomic mass is 10.2. The third-order valence-corrected chi connectivity index (χ3v) is 4.86. The van der Waals surface area contributed by atoms with Gasteiger partial charge in [0, 0.05) is 11.8 Å². The van der Waals surface area contributed by atoms with E-state index in [-0.39, 0.29) is 6.42 Å². The van der Waals surface area contributed by atoms with Crippen LogP contribution in [0.1, 0.15) is 30.0 Å². The van der Waals surface area contributed by atoms with Gasteiger partial charge in [-0.25, -0.2) is 5.43 Å². The molecule has 8 heteroatoms. The first-order chi connectivity index (χ1) is 17.0. The minimum Gasteiger partial charge on any atom is -0.497 e. The van der Waals surface area contributed by atoms with Crippen LogP contribution < -0.4 is 25.0 Å². The highest BCUT2D eigenvalue weighted by Crippen LogP contribution is 2.29. The van der Waals surface area contributed by atoms with Gasteiger partial charge in [-0.1, -0.05) is 35.9 Å². The second-order valence-corrected chi connectivity index (χ2v) is 7.66. The van der Waals surface area contributed by atoms with Gasteiger partial charge in [-0.15, -0.1) is 0 Å². The van der Waals surface area contributed by atoms with E-state index in [0.717, 1.165) is 5.56 Å². The van der Waals surface area contributed by atoms with Gasteiger partial charge >= 0.3 is 0 Å². The van der Waals surface area contributed by atoms with Crippen LogP contribution in [0.2, 0.25) is 0 Å². The van der Waals surface area contributed by atoms with E-state index < -0.39 is 11.8 Å². The lowest BCUT2D eigenvalue weighted by Crippen LogP contribution is -2.24. The summed E-state index contributed by atoms with van der Waals surface area (Å²) in [5.41, 5.74) is 5.86. The van der Waals surface area contributed by atoms with E-state index >= 15 is 0 Å². The van der Waals surface area contributed by atoms with Crippen molar-refractivity contribution >= 4 is 23.7 Å². The van der Waals surface area contributed by atoms with Gasteiger partial charge in [0.25, 0.3) is 0 Å². The number of benzene rings is 3. The topological polar surface area (TPSA) is 98.2 Å². The number of methoxy groups -OCH3 is 1. The molecule has 0 saturated carbocycles. The van der Waals surface area contributed by atoms with Gasteiger partial charge in [0.15, 0.2) is 11.5 Å². The Morgan fingerprint density at radius 1 is 0.943 bits per heavy atom. The normalized spacial score (nSPS) is 10.6. The molecule has 0 spiro atoms. The standard InChI is InChI=1S/C27H29N3O5/c1-4-34-25-14-21(12-13-24(25)35-18-20-10-8-19(2)9-11-20)17-28-30-27(32)16-26(31)29-22-6-5-7-23(15-22)33-3/h5-15,17H,4,16,18H2,1-3H3,(H,29,31)(H,30,32). The molecule has 0 aliphatic rings. The van der Waals surface area contributed by atoms with Crippen molar-refractivity contribution in [3.8, 4) is 17.2 Å². The Bertz CT molecular complexity index is 1180. The van der Waals surface area contributed by atoms with Crippen LogP contribution in [0.4, 0.5) is 5.69 Å². The quantitative estimate of drug-likeness (QED) is 0.242. The molecule has 0 bridgehead atoms. The van der Waals surface area contributed by atoms with Gasteiger partial charge in [-0.05, 0) is 55.3 Å². The average Bonchev–Trinajstić information content (AvgIpc) is 2.84. The van der Waals surface area contributed by atoms with Crippen LogP contribution in [-0.4, -0.2) is 31.7 Å². The molecule has 0 radical (unpaired) electrons. The minimum absolute atomic E-state index is 0.371. The average molecular weight is 476 g/mol. The van der Waals surface area contributed by atoms with E-state index in [4.69, 9.17) is 14.2 Å². The Balaban J connectivity index is 1.53. The highest BCUT2D eigenvalue weighted by molar-refractivity contribution is 6.03. The number of hydrazone groups is 1. The number of nitrogens with zero attached hydrogens (tertiary/aromatic N) is 1. The molecule has 0 unspecified atom stereocenters. The maximum absolute atomic E-state index is 12.1. The van der Waals surface area contributed by atoms with Crippen molar-refractivity contribution in [3.05, 3.63) is 83.4 Å². The zero-order chi connectivity index (χ0) is 25.0. The molecule has 0 aliphatic heterocycles. The summed E-state index contributed by atoms with van der Waals surface area (Å²) in [5.74, 6) is 0.801. The summed E-state index contributed by atoms with van der Waals surface area (Å²) >= 11 is 0. The summed E-state index contributed by atoms with van der Waals surface area (Å²) in [6, 6.07) is 20.4. The maximum Gasteiger partial charge on any atom is 0.249 e. The molecule has 0 atom stereocenters. The molecular weight excluding hydrogens is 446 g/mol. The lowest BCUT2D eigenvalue weighted by molar-refractivity contribution is -0.126. The van der Waals surface area contributed by atoms with E-state index in [1.807, 2.05) is 38.1 Å². The van der Waals surface area contributed by atoms with Crippen LogP contribution in [-0.2, 0) is 16.2 Å². The van der Waals surface area contributed by atoms with Crippen molar-refractivity contribution < 1.29 is 23.8 Å². The summed E-state index contributed by atoms with van der Waals surface area (Å²) in [7, 11) is 1.54. The number of hydrogen-bond donors (Lipinski definition) is 2. The molecule has 3 aromatic carbocycles. The molecule has 0 saturated heterocycles. The fourth-order valence-corrected chi connectivity index (χ4v) is 3.11. The zero-order valence-electron chi connectivity index (χ0n) is 20.0. The second kappa shape index (κ2) is 12.8. The summed E-state index contributed by atoms with van der Waals surface area (Å²) in [5, 5.41) is 6.59. The molecule has 182 valence electrons. The number of rotatable bonds is 11. The lowest BCUT2D eigenvalue weighted by Gasteiger charge is -2.12. The number of amides is 2. The molecule has 3 aromatic rings. The molecule has 2 N–H and O–H groups in total. The molecule has 35 heavy (non-hydrogen) atoms.